The lowest BCUT2D eigenvalue weighted by molar-refractivity contribution is -0.181. The minimum absolute atomic E-state index is 0.00385. The fourth-order valence-electron chi connectivity index (χ4n) is 3.34. The molecule has 0 aromatic carbocycles. The molecule has 0 radical (unpaired) electrons. The molecule has 7 heteroatoms. The van der Waals surface area contributed by atoms with Crippen LogP contribution >= 0.6 is 0 Å². The number of amides is 1. The Morgan fingerprint density at radius 2 is 1.96 bits per heavy atom. The second-order valence-corrected chi connectivity index (χ2v) is 6.55. The number of hydrogen-bond acceptors (Lipinski definition) is 6. The molecule has 2 aromatic rings. The molecular formula is C19H22N4O3. The number of aromatic nitrogens is 2. The molecule has 1 amide bonds. The maximum absolute atomic E-state index is 12.7. The number of nitrogens with zero attached hydrogens (tertiary/aromatic N) is 3. The van der Waals surface area contributed by atoms with Crippen LogP contribution in [0, 0.1) is 0 Å². The first-order valence-electron chi connectivity index (χ1n) is 8.90. The number of anilines is 1. The molecule has 2 aromatic heterocycles. The highest BCUT2D eigenvalue weighted by Crippen LogP contribution is 2.31. The molecule has 7 nitrogen and oxygen atoms in total. The van der Waals surface area contributed by atoms with E-state index >= 15 is 0 Å². The number of ether oxygens (including phenoxy) is 2. The second kappa shape index (κ2) is 7.39. The van der Waals surface area contributed by atoms with Crippen LogP contribution in [0.1, 0.15) is 28.8 Å². The Kier molecular flexibility index (Phi) is 4.81. The zero-order chi connectivity index (χ0) is 17.8. The average Bonchev–Trinajstić information content (AvgIpc) is 3.16. The normalized spacial score (nSPS) is 18.8. The third-order valence-corrected chi connectivity index (χ3v) is 4.83. The maximum Gasteiger partial charge on any atom is 0.255 e. The minimum Gasteiger partial charge on any atom is -0.366 e. The average molecular weight is 354 g/mol. The van der Waals surface area contributed by atoms with Gasteiger partial charge in [0.2, 0.25) is 0 Å². The number of piperidine rings is 1. The Morgan fingerprint density at radius 3 is 2.62 bits per heavy atom. The minimum atomic E-state index is -0.463. The van der Waals surface area contributed by atoms with Crippen molar-refractivity contribution < 1.29 is 14.3 Å². The Balaban J connectivity index is 1.32. The molecule has 136 valence electrons. The van der Waals surface area contributed by atoms with Gasteiger partial charge in [-0.05, 0) is 23.8 Å². The second-order valence-electron chi connectivity index (χ2n) is 6.55. The molecule has 2 saturated heterocycles. The van der Waals surface area contributed by atoms with E-state index in [1.54, 1.807) is 12.4 Å². The van der Waals surface area contributed by atoms with E-state index in [0.29, 0.717) is 38.4 Å². The van der Waals surface area contributed by atoms with E-state index in [1.165, 1.54) is 0 Å². The van der Waals surface area contributed by atoms with E-state index in [4.69, 9.17) is 9.47 Å². The van der Waals surface area contributed by atoms with Crippen molar-refractivity contribution in [2.45, 2.75) is 25.2 Å². The van der Waals surface area contributed by atoms with Gasteiger partial charge in [-0.25, -0.2) is 4.98 Å². The van der Waals surface area contributed by atoms with E-state index in [1.807, 2.05) is 35.4 Å². The molecular weight excluding hydrogens is 332 g/mol. The highest BCUT2D eigenvalue weighted by Gasteiger charge is 2.40. The van der Waals surface area contributed by atoms with Gasteiger partial charge in [0.15, 0.2) is 5.79 Å². The summed E-state index contributed by atoms with van der Waals surface area (Å²) in [4.78, 5) is 22.9. The summed E-state index contributed by atoms with van der Waals surface area (Å²) in [6, 6.07) is 7.54. The van der Waals surface area contributed by atoms with Crippen LogP contribution in [0.4, 0.5) is 5.82 Å². The molecule has 0 unspecified atom stereocenters. The van der Waals surface area contributed by atoms with Gasteiger partial charge >= 0.3 is 0 Å². The van der Waals surface area contributed by atoms with Crippen LogP contribution in [0.25, 0.3) is 0 Å². The fourth-order valence-corrected chi connectivity index (χ4v) is 3.34. The Bertz CT molecular complexity index is 735. The molecule has 4 heterocycles. The Hall–Kier alpha value is -2.51. The predicted octanol–water partition coefficient (Wildman–Crippen LogP) is 2.07. The molecule has 1 spiro atoms. The summed E-state index contributed by atoms with van der Waals surface area (Å²) in [7, 11) is 0. The van der Waals surface area contributed by atoms with E-state index in [0.717, 1.165) is 24.2 Å². The van der Waals surface area contributed by atoms with Gasteiger partial charge in [-0.1, -0.05) is 6.07 Å². The van der Waals surface area contributed by atoms with E-state index in [2.05, 4.69) is 15.3 Å². The van der Waals surface area contributed by atoms with Gasteiger partial charge in [0.05, 0.1) is 18.8 Å². The van der Waals surface area contributed by atoms with E-state index < -0.39 is 5.79 Å². The summed E-state index contributed by atoms with van der Waals surface area (Å²) in [6.45, 7) is 3.21. The summed E-state index contributed by atoms with van der Waals surface area (Å²) in [5, 5.41) is 3.23. The molecule has 2 aliphatic heterocycles. The first-order valence-corrected chi connectivity index (χ1v) is 8.90. The van der Waals surface area contributed by atoms with Crippen molar-refractivity contribution in [1.29, 1.82) is 0 Å². The van der Waals surface area contributed by atoms with Gasteiger partial charge in [-0.15, -0.1) is 0 Å². The molecule has 26 heavy (non-hydrogen) atoms. The SMILES string of the molecule is O=C(c1ccc(NCc2cccnc2)nc1)N1CCC2(CC1)OCCO2. The number of hydrogen-bond donors (Lipinski definition) is 1. The number of carbonyl (C=O) groups is 1. The third-order valence-electron chi connectivity index (χ3n) is 4.83. The third kappa shape index (κ3) is 3.68. The van der Waals surface area contributed by atoms with Gasteiger partial charge in [0.1, 0.15) is 5.82 Å². The van der Waals surface area contributed by atoms with Gasteiger partial charge in [-0.2, -0.15) is 0 Å². The Morgan fingerprint density at radius 1 is 1.15 bits per heavy atom. The van der Waals surface area contributed by atoms with Crippen LogP contribution in [0.2, 0.25) is 0 Å². The topological polar surface area (TPSA) is 76.6 Å². The molecule has 0 atom stereocenters. The summed E-state index contributed by atoms with van der Waals surface area (Å²) < 4.78 is 11.4. The lowest BCUT2D eigenvalue weighted by Gasteiger charge is -2.37. The van der Waals surface area contributed by atoms with Crippen molar-refractivity contribution in [3.8, 4) is 0 Å². The molecule has 0 bridgehead atoms. The van der Waals surface area contributed by atoms with Crippen LogP contribution in [0.5, 0.6) is 0 Å². The van der Waals surface area contributed by atoms with Crippen LogP contribution in [0.3, 0.4) is 0 Å². The van der Waals surface area contributed by atoms with Crippen LogP contribution < -0.4 is 5.32 Å². The van der Waals surface area contributed by atoms with Crippen molar-refractivity contribution in [1.82, 2.24) is 14.9 Å². The van der Waals surface area contributed by atoms with Crippen molar-refractivity contribution in [2.24, 2.45) is 0 Å². The van der Waals surface area contributed by atoms with Gasteiger partial charge in [0.25, 0.3) is 5.91 Å². The monoisotopic (exact) mass is 354 g/mol. The van der Waals surface area contributed by atoms with Crippen molar-refractivity contribution in [3.05, 3.63) is 54.0 Å². The van der Waals surface area contributed by atoms with Crippen LogP contribution in [-0.4, -0.2) is 52.9 Å². The van der Waals surface area contributed by atoms with Gasteiger partial charge < -0.3 is 19.7 Å². The first kappa shape index (κ1) is 16.9. The van der Waals surface area contributed by atoms with E-state index in [9.17, 15) is 4.79 Å². The summed E-state index contributed by atoms with van der Waals surface area (Å²) in [5.41, 5.74) is 1.68. The first-order chi connectivity index (χ1) is 12.7. The summed E-state index contributed by atoms with van der Waals surface area (Å²) in [5.74, 6) is 0.273. The lowest BCUT2D eigenvalue weighted by atomic mass is 10.0. The van der Waals surface area contributed by atoms with Crippen molar-refractivity contribution in [3.63, 3.8) is 0 Å². The lowest BCUT2D eigenvalue weighted by Crippen LogP contribution is -2.47. The van der Waals surface area contributed by atoms with Gasteiger partial charge in [0, 0.05) is 51.1 Å². The maximum atomic E-state index is 12.7. The predicted molar refractivity (Wildman–Crippen MR) is 95.6 cm³/mol. The van der Waals surface area contributed by atoms with Crippen molar-refractivity contribution >= 4 is 11.7 Å². The van der Waals surface area contributed by atoms with Crippen LogP contribution in [-0.2, 0) is 16.0 Å². The number of likely N-dealkylation sites (tertiary alicyclic amines) is 1. The number of carbonyl (C=O) groups excluding carboxylic acids is 1. The highest BCUT2D eigenvalue weighted by molar-refractivity contribution is 5.94. The number of pyridine rings is 2. The molecule has 1 N–H and O–H groups in total. The molecule has 2 aliphatic rings. The summed E-state index contributed by atoms with van der Waals surface area (Å²) >= 11 is 0. The highest BCUT2D eigenvalue weighted by atomic mass is 16.7. The standard InChI is InChI=1S/C19H22N4O3/c24-18(23-8-5-19(6-9-23)25-10-11-26-19)16-3-4-17(22-14-16)21-13-15-2-1-7-20-12-15/h1-4,7,12,14H,5-6,8-11,13H2,(H,21,22). The number of rotatable bonds is 4. The largest absolute Gasteiger partial charge is 0.366 e. The molecule has 0 aliphatic carbocycles. The molecule has 2 fully saturated rings. The smallest absolute Gasteiger partial charge is 0.255 e. The molecule has 0 saturated carbocycles. The van der Waals surface area contributed by atoms with Crippen LogP contribution in [0.15, 0.2) is 42.9 Å². The van der Waals surface area contributed by atoms with E-state index in [-0.39, 0.29) is 5.91 Å². The Labute approximate surface area is 152 Å². The zero-order valence-corrected chi connectivity index (χ0v) is 14.6. The summed E-state index contributed by atoms with van der Waals surface area (Å²) in [6.07, 6.45) is 6.62. The number of nitrogens with one attached hydrogen (secondary N) is 1. The zero-order valence-electron chi connectivity index (χ0n) is 14.6. The molecule has 4 rings (SSSR count). The quantitative estimate of drug-likeness (QED) is 0.906. The fraction of sp³-hybridized carbons (Fsp3) is 0.421. The van der Waals surface area contributed by atoms with Gasteiger partial charge in [-0.3, -0.25) is 9.78 Å². The van der Waals surface area contributed by atoms with Crippen molar-refractivity contribution in [2.75, 3.05) is 31.6 Å².